The van der Waals surface area contributed by atoms with Crippen LogP contribution in [0.25, 0.3) is 0 Å². The molecule has 4 saturated carbocycles. The Morgan fingerprint density at radius 3 is 2.33 bits per heavy atom. The maximum absolute atomic E-state index is 2.52. The minimum atomic E-state index is 0.972. The van der Waals surface area contributed by atoms with Gasteiger partial charge in [0.1, 0.15) is 7.85 Å². The zero-order valence-corrected chi connectivity index (χ0v) is 7.92. The maximum Gasteiger partial charge on any atom is 0.105 e. The summed E-state index contributed by atoms with van der Waals surface area (Å²) in [6.07, 6.45) is 8.04. The quantitative estimate of drug-likeness (QED) is 0.474. The Kier molecular flexibility index (Phi) is 0.895. The third-order valence-corrected chi connectivity index (χ3v) is 6.08. The minimum Gasteiger partial charge on any atom is -0.0661 e. The summed E-state index contributed by atoms with van der Waals surface area (Å²) in [5, 5.41) is 0. The van der Waals surface area contributed by atoms with Crippen LogP contribution < -0.4 is 0 Å². The van der Waals surface area contributed by atoms with Crippen LogP contribution in [0.15, 0.2) is 0 Å². The summed E-state index contributed by atoms with van der Waals surface area (Å²) in [6.45, 7) is 0. The van der Waals surface area contributed by atoms with E-state index in [2.05, 4.69) is 7.85 Å². The largest absolute Gasteiger partial charge is 0.105 e. The van der Waals surface area contributed by atoms with Gasteiger partial charge in [0.05, 0.1) is 0 Å². The van der Waals surface area contributed by atoms with E-state index in [0.717, 1.165) is 11.2 Å². The van der Waals surface area contributed by atoms with Crippen LogP contribution in [-0.4, -0.2) is 7.85 Å². The van der Waals surface area contributed by atoms with Crippen molar-refractivity contribution in [2.24, 2.45) is 29.1 Å². The van der Waals surface area contributed by atoms with Crippen molar-refractivity contribution in [1.29, 1.82) is 0 Å². The van der Waals surface area contributed by atoms with Gasteiger partial charge in [-0.15, -0.1) is 0 Å². The van der Waals surface area contributed by atoms with Gasteiger partial charge in [-0.1, -0.05) is 12.2 Å². The van der Waals surface area contributed by atoms with Crippen LogP contribution >= 0.6 is 0 Å². The molecule has 6 atom stereocenters. The van der Waals surface area contributed by atoms with E-state index >= 15 is 0 Å². The van der Waals surface area contributed by atoms with E-state index < -0.39 is 0 Å². The third-order valence-electron chi connectivity index (χ3n) is 6.08. The molecule has 4 rings (SSSR count). The molecule has 0 bridgehead atoms. The van der Waals surface area contributed by atoms with Crippen molar-refractivity contribution in [1.82, 2.24) is 0 Å². The van der Waals surface area contributed by atoms with Gasteiger partial charge in [0.2, 0.25) is 0 Å². The SMILES string of the molecule is BC1CC2CC3CCC4CC1C324. The monoisotopic (exact) mass is 160 g/mol. The Labute approximate surface area is 75.5 Å². The van der Waals surface area contributed by atoms with Crippen molar-refractivity contribution >= 4 is 7.85 Å². The topological polar surface area (TPSA) is 0 Å². The summed E-state index contributed by atoms with van der Waals surface area (Å²) in [5.74, 6) is 5.89. The summed E-state index contributed by atoms with van der Waals surface area (Å²) in [4.78, 5) is 0. The lowest BCUT2D eigenvalue weighted by molar-refractivity contribution is -0.145. The summed E-state index contributed by atoms with van der Waals surface area (Å²) < 4.78 is 0. The molecular weight excluding hydrogens is 143 g/mol. The molecule has 1 spiro atoms. The van der Waals surface area contributed by atoms with Crippen LogP contribution in [-0.2, 0) is 0 Å². The predicted octanol–water partition coefficient (Wildman–Crippen LogP) is 1.86. The second kappa shape index (κ2) is 1.65. The first-order valence-corrected chi connectivity index (χ1v) is 5.83. The molecule has 12 heavy (non-hydrogen) atoms. The average molecular weight is 160 g/mol. The molecule has 0 aromatic carbocycles. The van der Waals surface area contributed by atoms with Crippen molar-refractivity contribution in [3.05, 3.63) is 0 Å². The molecule has 0 nitrogen and oxygen atoms in total. The Balaban J connectivity index is 1.83. The Morgan fingerprint density at radius 1 is 0.917 bits per heavy atom. The Morgan fingerprint density at radius 2 is 1.67 bits per heavy atom. The Bertz CT molecular complexity index is 241. The van der Waals surface area contributed by atoms with Gasteiger partial charge in [0, 0.05) is 0 Å². The van der Waals surface area contributed by atoms with Crippen LogP contribution in [0.4, 0.5) is 0 Å². The van der Waals surface area contributed by atoms with Gasteiger partial charge in [-0.2, -0.15) is 0 Å². The van der Waals surface area contributed by atoms with Crippen LogP contribution in [0.5, 0.6) is 0 Å². The molecular formula is C11H17B. The highest BCUT2D eigenvalue weighted by Gasteiger charge is 2.74. The van der Waals surface area contributed by atoms with Gasteiger partial charge in [0.25, 0.3) is 0 Å². The predicted molar refractivity (Wildman–Crippen MR) is 51.8 cm³/mol. The first-order valence-electron chi connectivity index (χ1n) is 5.83. The minimum absolute atomic E-state index is 0.972. The molecule has 0 saturated heterocycles. The lowest BCUT2D eigenvalue weighted by Crippen LogP contribution is -2.57. The van der Waals surface area contributed by atoms with Crippen LogP contribution in [0, 0.1) is 29.1 Å². The first kappa shape index (κ1) is 6.51. The standard InChI is InChI=1S/C11H17B/c12-10-5-8-3-6-1-2-7-4-9(10)11(6,7)8/h6-10H,1-5,12H2. The van der Waals surface area contributed by atoms with Crippen molar-refractivity contribution in [3.63, 3.8) is 0 Å². The lowest BCUT2D eigenvalue weighted by atomic mass is 9.41. The molecule has 0 heterocycles. The van der Waals surface area contributed by atoms with Gasteiger partial charge < -0.3 is 0 Å². The summed E-state index contributed by atoms with van der Waals surface area (Å²) in [5.41, 5.74) is 0.972. The highest BCUT2D eigenvalue weighted by Crippen LogP contribution is 2.82. The Hall–Kier alpha value is 0.0649. The fourth-order valence-electron chi connectivity index (χ4n) is 5.83. The summed E-state index contributed by atoms with van der Waals surface area (Å²) >= 11 is 0. The highest BCUT2D eigenvalue weighted by molar-refractivity contribution is 6.12. The van der Waals surface area contributed by atoms with E-state index in [-0.39, 0.29) is 0 Å². The molecule has 4 aliphatic carbocycles. The molecule has 0 amide bonds. The van der Waals surface area contributed by atoms with E-state index in [1.54, 1.807) is 32.1 Å². The highest BCUT2D eigenvalue weighted by atomic mass is 14.8. The van der Waals surface area contributed by atoms with Crippen LogP contribution in [0.2, 0.25) is 5.82 Å². The molecule has 0 aromatic rings. The van der Waals surface area contributed by atoms with Crippen molar-refractivity contribution in [3.8, 4) is 0 Å². The zero-order valence-electron chi connectivity index (χ0n) is 7.92. The van der Waals surface area contributed by atoms with Crippen molar-refractivity contribution in [2.45, 2.75) is 37.9 Å². The van der Waals surface area contributed by atoms with E-state index in [4.69, 9.17) is 0 Å². The first-order chi connectivity index (χ1) is 5.83. The van der Waals surface area contributed by atoms with Gasteiger partial charge in [0.15, 0.2) is 0 Å². The normalized spacial score (nSPS) is 71.2. The fraction of sp³-hybridized carbons (Fsp3) is 1.00. The molecule has 0 radical (unpaired) electrons. The molecule has 64 valence electrons. The number of hydrogen-bond donors (Lipinski definition) is 0. The second-order valence-corrected chi connectivity index (χ2v) is 5.96. The van der Waals surface area contributed by atoms with Gasteiger partial charge >= 0.3 is 0 Å². The van der Waals surface area contributed by atoms with E-state index in [1.807, 2.05) is 0 Å². The third kappa shape index (κ3) is 0.407. The van der Waals surface area contributed by atoms with Gasteiger partial charge in [-0.3, -0.25) is 0 Å². The second-order valence-electron chi connectivity index (χ2n) is 5.96. The van der Waals surface area contributed by atoms with Crippen molar-refractivity contribution in [2.75, 3.05) is 0 Å². The lowest BCUT2D eigenvalue weighted by Gasteiger charge is -2.63. The van der Waals surface area contributed by atoms with E-state index in [0.29, 0.717) is 0 Å². The molecule has 0 aromatic heterocycles. The molecule has 6 unspecified atom stereocenters. The molecule has 0 N–H and O–H groups in total. The molecule has 1 heteroatoms. The maximum atomic E-state index is 2.52. The summed E-state index contributed by atoms with van der Waals surface area (Å²) in [6, 6.07) is 0. The van der Waals surface area contributed by atoms with E-state index in [1.165, 1.54) is 23.7 Å². The van der Waals surface area contributed by atoms with Crippen molar-refractivity contribution < 1.29 is 0 Å². The molecule has 0 aliphatic heterocycles. The van der Waals surface area contributed by atoms with Gasteiger partial charge in [-0.25, -0.2) is 0 Å². The number of hydrogen-bond acceptors (Lipinski definition) is 0. The fourth-order valence-corrected chi connectivity index (χ4v) is 5.83. The zero-order chi connectivity index (χ0) is 7.92. The van der Waals surface area contributed by atoms with Gasteiger partial charge in [-0.05, 0) is 54.8 Å². The average Bonchev–Trinajstić information content (AvgIpc) is 2.27. The van der Waals surface area contributed by atoms with Crippen LogP contribution in [0.3, 0.4) is 0 Å². The molecule has 4 fully saturated rings. The van der Waals surface area contributed by atoms with E-state index in [9.17, 15) is 0 Å². The summed E-state index contributed by atoms with van der Waals surface area (Å²) in [7, 11) is 2.52. The smallest absolute Gasteiger partial charge is 0.0661 e. The van der Waals surface area contributed by atoms with Crippen LogP contribution in [0.1, 0.15) is 32.1 Å². The number of rotatable bonds is 0. The molecule has 4 aliphatic rings.